The Labute approximate surface area is 175 Å². The van der Waals surface area contributed by atoms with Crippen LogP contribution in [0.25, 0.3) is 11.3 Å². The summed E-state index contributed by atoms with van der Waals surface area (Å²) in [6.45, 7) is 7.08. The number of β-lactam (4-membered cyclic amide) rings is 1. The second-order valence-electron chi connectivity index (χ2n) is 8.13. The first-order valence-corrected chi connectivity index (χ1v) is 10.1. The monoisotopic (exact) mass is 432 g/mol. The van der Waals surface area contributed by atoms with Gasteiger partial charge in [0.05, 0.1) is 4.92 Å². The Bertz CT molecular complexity index is 1070. The number of nitro benzene ring substituents is 1. The van der Waals surface area contributed by atoms with Gasteiger partial charge in [0.25, 0.3) is 11.6 Å². The number of carboxylic acids is 1. The summed E-state index contributed by atoms with van der Waals surface area (Å²) >= 11 is 1.44. The van der Waals surface area contributed by atoms with Gasteiger partial charge in [-0.2, -0.15) is 0 Å². The van der Waals surface area contributed by atoms with Gasteiger partial charge in [0.15, 0.2) is 5.76 Å². The van der Waals surface area contributed by atoms with Gasteiger partial charge in [0, 0.05) is 22.4 Å². The molecular formula is C19H20N4O6S. The normalized spacial score (nSPS) is 26.8. The van der Waals surface area contributed by atoms with E-state index in [0.717, 1.165) is 0 Å². The minimum atomic E-state index is -1.04. The fraction of sp³-hybridized carbons (Fsp3) is 0.421. The summed E-state index contributed by atoms with van der Waals surface area (Å²) in [6, 6.07) is 4.92. The lowest BCUT2D eigenvalue weighted by atomic mass is 9.85. The number of thioether (sulfide) groups is 1. The number of carbonyl (C=O) groups excluding carboxylic acids is 1. The molecule has 158 valence electrons. The van der Waals surface area contributed by atoms with E-state index in [1.54, 1.807) is 26.0 Å². The number of nitro groups is 1. The van der Waals surface area contributed by atoms with Crippen molar-refractivity contribution in [1.29, 1.82) is 0 Å². The number of non-ortho nitro benzene ring substituents is 1. The van der Waals surface area contributed by atoms with Crippen molar-refractivity contribution >= 4 is 35.0 Å². The number of aryl methyl sites for hydroxylation is 1. The van der Waals surface area contributed by atoms with Crippen LogP contribution in [0.4, 0.5) is 11.4 Å². The van der Waals surface area contributed by atoms with Crippen molar-refractivity contribution in [1.82, 2.24) is 10.1 Å². The number of aliphatic carboxylic acids is 1. The van der Waals surface area contributed by atoms with Gasteiger partial charge in [0.1, 0.15) is 28.3 Å². The van der Waals surface area contributed by atoms with Crippen molar-refractivity contribution in [3.8, 4) is 11.3 Å². The van der Waals surface area contributed by atoms with Crippen molar-refractivity contribution < 1.29 is 24.1 Å². The highest BCUT2D eigenvalue weighted by molar-refractivity contribution is 8.01. The van der Waals surface area contributed by atoms with Crippen LogP contribution < -0.4 is 5.32 Å². The molecule has 2 aromatic rings. The van der Waals surface area contributed by atoms with E-state index in [2.05, 4.69) is 10.5 Å². The summed E-state index contributed by atoms with van der Waals surface area (Å²) in [7, 11) is 0. The number of hydrogen-bond donors (Lipinski definition) is 2. The van der Waals surface area contributed by atoms with Crippen molar-refractivity contribution in [3.05, 3.63) is 40.1 Å². The molecule has 2 aliphatic heterocycles. The molecule has 0 unspecified atom stereocenters. The third-order valence-electron chi connectivity index (χ3n) is 5.60. The average molecular weight is 432 g/mol. The molecule has 3 heterocycles. The lowest BCUT2D eigenvalue weighted by Crippen LogP contribution is -2.75. The first-order valence-electron chi connectivity index (χ1n) is 9.20. The first-order chi connectivity index (χ1) is 14.0. The smallest absolute Gasteiger partial charge is 0.327 e. The minimum Gasteiger partial charge on any atom is -0.480 e. The molecule has 1 aromatic carbocycles. The molecule has 2 saturated heterocycles. The number of fused-ring (bicyclic) bond motifs is 1. The third-order valence-corrected chi connectivity index (χ3v) is 7.35. The first kappa shape index (κ1) is 20.2. The molecule has 2 aliphatic rings. The number of aromatic nitrogens is 1. The Balaban J connectivity index is 1.66. The minimum absolute atomic E-state index is 0.0504. The lowest BCUT2D eigenvalue weighted by Gasteiger charge is -2.51. The van der Waals surface area contributed by atoms with Gasteiger partial charge in [-0.25, -0.2) is 4.79 Å². The maximum absolute atomic E-state index is 13.0. The fourth-order valence-corrected chi connectivity index (χ4v) is 5.69. The number of nitrogens with zero attached hydrogens (tertiary/aromatic N) is 3. The second-order valence-corrected chi connectivity index (χ2v) is 9.86. The topological polar surface area (TPSA) is 139 Å². The molecule has 0 aliphatic carbocycles. The molecule has 1 aromatic heterocycles. The Hall–Kier alpha value is -3.08. The SMILES string of the molecule is Cc1noc(-c2ccc([N+](=O)[O-])cc2)c1N[C@@]1(C)C(=O)N2[C@@H](C(=O)O)C(C)(C)S[C@@H]21. The number of nitrogens with one attached hydrogen (secondary N) is 1. The average Bonchev–Trinajstić information content (AvgIpc) is 3.17. The summed E-state index contributed by atoms with van der Waals surface area (Å²) in [5.74, 6) is -0.988. The van der Waals surface area contributed by atoms with Crippen LogP contribution in [0.5, 0.6) is 0 Å². The summed E-state index contributed by atoms with van der Waals surface area (Å²) in [5.41, 5.74) is 0.492. The maximum atomic E-state index is 13.0. The van der Waals surface area contributed by atoms with Crippen molar-refractivity contribution in [2.75, 3.05) is 5.32 Å². The van der Waals surface area contributed by atoms with E-state index < -0.39 is 27.2 Å². The quantitative estimate of drug-likeness (QED) is 0.415. The van der Waals surface area contributed by atoms with Crippen LogP contribution in [0, 0.1) is 17.0 Å². The van der Waals surface area contributed by atoms with Crippen LogP contribution >= 0.6 is 11.8 Å². The van der Waals surface area contributed by atoms with E-state index in [1.165, 1.54) is 28.8 Å². The van der Waals surface area contributed by atoms with Crippen molar-refractivity contribution in [2.45, 2.75) is 49.4 Å². The van der Waals surface area contributed by atoms with E-state index in [4.69, 9.17) is 4.52 Å². The summed E-state index contributed by atoms with van der Waals surface area (Å²) < 4.78 is 4.79. The molecule has 2 N–H and O–H groups in total. The number of carboxylic acid groups (broad SMARTS) is 1. The number of anilines is 1. The molecule has 3 atom stereocenters. The number of benzene rings is 1. The van der Waals surface area contributed by atoms with E-state index in [0.29, 0.717) is 22.7 Å². The van der Waals surface area contributed by atoms with Crippen LogP contribution in [0.1, 0.15) is 26.5 Å². The number of hydrogen-bond acceptors (Lipinski definition) is 8. The third kappa shape index (κ3) is 2.76. The Kier molecular flexibility index (Phi) is 4.35. The van der Waals surface area contributed by atoms with Gasteiger partial charge in [0.2, 0.25) is 0 Å². The maximum Gasteiger partial charge on any atom is 0.327 e. The van der Waals surface area contributed by atoms with Crippen LogP contribution in [0.3, 0.4) is 0 Å². The highest BCUT2D eigenvalue weighted by Gasteiger charge is 2.69. The molecule has 0 bridgehead atoms. The molecular weight excluding hydrogens is 412 g/mol. The molecule has 0 saturated carbocycles. The number of rotatable bonds is 5. The molecule has 0 radical (unpaired) electrons. The van der Waals surface area contributed by atoms with E-state index >= 15 is 0 Å². The van der Waals surface area contributed by atoms with Crippen LogP contribution in [-0.2, 0) is 9.59 Å². The zero-order valence-electron chi connectivity index (χ0n) is 16.7. The zero-order valence-corrected chi connectivity index (χ0v) is 17.5. The Morgan fingerprint density at radius 2 is 1.97 bits per heavy atom. The number of carbonyl (C=O) groups is 2. The van der Waals surface area contributed by atoms with Crippen molar-refractivity contribution in [3.63, 3.8) is 0 Å². The summed E-state index contributed by atoms with van der Waals surface area (Å²) in [6.07, 6.45) is 0. The van der Waals surface area contributed by atoms with E-state index in [9.17, 15) is 24.8 Å². The molecule has 10 nitrogen and oxygen atoms in total. The Morgan fingerprint density at radius 1 is 1.33 bits per heavy atom. The summed E-state index contributed by atoms with van der Waals surface area (Å²) in [5, 5.41) is 27.3. The van der Waals surface area contributed by atoms with Crippen molar-refractivity contribution in [2.24, 2.45) is 0 Å². The fourth-order valence-electron chi connectivity index (χ4n) is 4.05. The van der Waals surface area contributed by atoms with Crippen LogP contribution in [0.2, 0.25) is 0 Å². The van der Waals surface area contributed by atoms with Gasteiger partial charge in [-0.15, -0.1) is 11.8 Å². The van der Waals surface area contributed by atoms with Gasteiger partial charge >= 0.3 is 5.97 Å². The van der Waals surface area contributed by atoms with Gasteiger partial charge in [-0.1, -0.05) is 5.16 Å². The molecule has 11 heteroatoms. The zero-order chi connectivity index (χ0) is 22.0. The van der Waals surface area contributed by atoms with Crippen LogP contribution in [0.15, 0.2) is 28.8 Å². The van der Waals surface area contributed by atoms with Gasteiger partial charge in [-0.05, 0) is 39.8 Å². The molecule has 2 fully saturated rings. The van der Waals surface area contributed by atoms with E-state index in [1.807, 2.05) is 13.8 Å². The molecule has 1 amide bonds. The predicted octanol–water partition coefficient (Wildman–Crippen LogP) is 2.88. The number of amides is 1. The molecule has 30 heavy (non-hydrogen) atoms. The molecule has 4 rings (SSSR count). The predicted molar refractivity (Wildman–Crippen MR) is 109 cm³/mol. The van der Waals surface area contributed by atoms with Crippen LogP contribution in [-0.4, -0.2) is 53.7 Å². The van der Waals surface area contributed by atoms with Gasteiger partial charge in [-0.3, -0.25) is 14.9 Å². The molecule has 0 spiro atoms. The lowest BCUT2D eigenvalue weighted by molar-refractivity contribution is -0.384. The summed E-state index contributed by atoms with van der Waals surface area (Å²) in [4.78, 5) is 36.6. The largest absolute Gasteiger partial charge is 0.480 e. The standard InChI is InChI=1S/C19H20N4O6S/c1-9-12(13(29-21-9)10-5-7-11(8-6-10)23(27)28)20-19(4)16(26)22-14(15(24)25)18(2,3)30-17(19)22/h5-8,14,17,20H,1-4H3,(H,24,25)/t14-,17+,19-/m0/s1. The Morgan fingerprint density at radius 3 is 2.53 bits per heavy atom. The highest BCUT2D eigenvalue weighted by atomic mass is 32.2. The second kappa shape index (κ2) is 6.46. The van der Waals surface area contributed by atoms with E-state index in [-0.39, 0.29) is 17.0 Å². The van der Waals surface area contributed by atoms with Gasteiger partial charge < -0.3 is 19.8 Å². The highest BCUT2D eigenvalue weighted by Crippen LogP contribution is 2.56.